The zero-order valence-corrected chi connectivity index (χ0v) is 16.7. The van der Waals surface area contributed by atoms with E-state index in [0.29, 0.717) is 18.0 Å². The topological polar surface area (TPSA) is 79.4 Å². The zero-order chi connectivity index (χ0) is 19.2. The van der Waals surface area contributed by atoms with Crippen molar-refractivity contribution in [3.8, 4) is 0 Å². The van der Waals surface area contributed by atoms with E-state index in [4.69, 9.17) is 0 Å². The highest BCUT2D eigenvalue weighted by Gasteiger charge is 2.22. The molecule has 26 heavy (non-hydrogen) atoms. The summed E-state index contributed by atoms with van der Waals surface area (Å²) in [4.78, 5) is 16.4. The third kappa shape index (κ3) is 5.74. The zero-order valence-electron chi connectivity index (χ0n) is 15.1. The molecule has 0 bridgehead atoms. The second kappa shape index (κ2) is 9.05. The van der Waals surface area contributed by atoms with Crippen molar-refractivity contribution in [1.29, 1.82) is 0 Å². The molecule has 1 heterocycles. The van der Waals surface area contributed by atoms with Gasteiger partial charge in [0.15, 0.2) is 0 Å². The van der Waals surface area contributed by atoms with Gasteiger partial charge in [-0.2, -0.15) is 0 Å². The minimum absolute atomic E-state index is 0.239. The number of aryl methyl sites for hydroxylation is 1. The van der Waals surface area contributed by atoms with Gasteiger partial charge in [0.2, 0.25) is 15.9 Å². The van der Waals surface area contributed by atoms with Gasteiger partial charge in [0.25, 0.3) is 0 Å². The molecule has 1 N–H and O–H groups in total. The van der Waals surface area contributed by atoms with Crippen molar-refractivity contribution in [3.63, 3.8) is 0 Å². The van der Waals surface area contributed by atoms with Crippen molar-refractivity contribution >= 4 is 33.4 Å². The number of benzene rings is 1. The van der Waals surface area contributed by atoms with Crippen LogP contribution in [0.4, 0.5) is 5.69 Å². The number of nitrogens with one attached hydrogen (secondary N) is 1. The average molecular weight is 394 g/mol. The Kier molecular flexibility index (Phi) is 7.05. The Morgan fingerprint density at radius 3 is 2.62 bits per heavy atom. The highest BCUT2D eigenvalue weighted by Crippen LogP contribution is 2.24. The van der Waals surface area contributed by atoms with Crippen LogP contribution in [0.5, 0.6) is 0 Å². The Hall–Kier alpha value is -2.06. The lowest BCUT2D eigenvalue weighted by Gasteiger charge is -2.24. The summed E-state index contributed by atoms with van der Waals surface area (Å²) in [6.07, 6.45) is 2.83. The lowest BCUT2D eigenvalue weighted by molar-refractivity contribution is -0.119. The van der Waals surface area contributed by atoms with Crippen LogP contribution in [0.25, 0.3) is 0 Å². The number of amides is 1. The predicted molar refractivity (Wildman–Crippen MR) is 106 cm³/mol. The molecule has 0 saturated carbocycles. The van der Waals surface area contributed by atoms with Crippen LogP contribution in [-0.2, 0) is 14.8 Å². The smallest absolute Gasteiger partial charge is 0.240 e. The number of anilines is 1. The van der Waals surface area contributed by atoms with Crippen molar-refractivity contribution < 1.29 is 13.2 Å². The first-order valence-corrected chi connectivity index (χ1v) is 11.0. The Morgan fingerprint density at radius 1 is 1.19 bits per heavy atom. The number of aromatic nitrogens is 1. The largest absolute Gasteiger partial charge is 0.354 e. The summed E-state index contributed by atoms with van der Waals surface area (Å²) < 4.78 is 25.5. The van der Waals surface area contributed by atoms with Crippen molar-refractivity contribution in [2.45, 2.75) is 18.9 Å². The molecule has 0 fully saturated rings. The molecule has 0 radical (unpaired) electrons. The van der Waals surface area contributed by atoms with Crippen LogP contribution >= 0.6 is 11.8 Å². The monoisotopic (exact) mass is 393 g/mol. The Bertz CT molecular complexity index is 855. The standard InChI is InChI=1S/C18H23N3O3S2/c1-14-7-6-8-16(15(14)2)21(26(3,23)24)13-17(22)19-11-12-25-18-9-4-5-10-20-18/h4-10H,11-13H2,1-3H3,(H,19,22). The van der Waals surface area contributed by atoms with E-state index in [1.807, 2.05) is 38.1 Å². The number of carbonyl (C=O) groups excluding carboxylic acids is 1. The normalized spacial score (nSPS) is 11.2. The van der Waals surface area contributed by atoms with E-state index in [1.165, 1.54) is 11.8 Å². The Morgan fingerprint density at radius 2 is 1.96 bits per heavy atom. The average Bonchev–Trinajstić information content (AvgIpc) is 2.59. The van der Waals surface area contributed by atoms with Gasteiger partial charge in [-0.15, -0.1) is 11.8 Å². The Balaban J connectivity index is 1.96. The third-order valence-electron chi connectivity index (χ3n) is 3.84. The van der Waals surface area contributed by atoms with Crippen LogP contribution in [0.15, 0.2) is 47.6 Å². The molecule has 0 atom stereocenters. The van der Waals surface area contributed by atoms with Gasteiger partial charge in [-0.05, 0) is 43.2 Å². The number of sulfonamides is 1. The molecule has 1 aromatic carbocycles. The van der Waals surface area contributed by atoms with E-state index in [0.717, 1.165) is 26.7 Å². The number of thioether (sulfide) groups is 1. The minimum Gasteiger partial charge on any atom is -0.354 e. The van der Waals surface area contributed by atoms with Gasteiger partial charge >= 0.3 is 0 Å². The quantitative estimate of drug-likeness (QED) is 0.550. The summed E-state index contributed by atoms with van der Waals surface area (Å²) in [7, 11) is -3.57. The molecule has 2 rings (SSSR count). The second-order valence-corrected chi connectivity index (χ2v) is 8.88. The van der Waals surface area contributed by atoms with Crippen LogP contribution < -0.4 is 9.62 Å². The maximum atomic E-state index is 12.2. The fourth-order valence-electron chi connectivity index (χ4n) is 2.35. The number of nitrogens with zero attached hydrogens (tertiary/aromatic N) is 2. The minimum atomic E-state index is -3.57. The lowest BCUT2D eigenvalue weighted by atomic mass is 10.1. The van der Waals surface area contributed by atoms with Gasteiger partial charge in [-0.1, -0.05) is 18.2 Å². The molecule has 0 saturated heterocycles. The first kappa shape index (κ1) is 20.3. The number of carbonyl (C=O) groups is 1. The maximum Gasteiger partial charge on any atom is 0.240 e. The van der Waals surface area contributed by atoms with Crippen LogP contribution in [0.1, 0.15) is 11.1 Å². The molecule has 0 unspecified atom stereocenters. The third-order valence-corrected chi connectivity index (χ3v) is 5.92. The molecular weight excluding hydrogens is 370 g/mol. The maximum absolute atomic E-state index is 12.2. The molecule has 0 aliphatic rings. The highest BCUT2D eigenvalue weighted by atomic mass is 32.2. The second-order valence-electron chi connectivity index (χ2n) is 5.86. The molecule has 8 heteroatoms. The van der Waals surface area contributed by atoms with Gasteiger partial charge < -0.3 is 5.32 Å². The molecule has 140 valence electrons. The number of pyridine rings is 1. The predicted octanol–water partition coefficient (Wildman–Crippen LogP) is 2.37. The van der Waals surface area contributed by atoms with Crippen LogP contribution in [0.3, 0.4) is 0 Å². The van der Waals surface area contributed by atoms with E-state index >= 15 is 0 Å². The van der Waals surface area contributed by atoms with Crippen LogP contribution in [0.2, 0.25) is 0 Å². The van der Waals surface area contributed by atoms with E-state index in [1.54, 1.807) is 18.3 Å². The summed E-state index contributed by atoms with van der Waals surface area (Å²) in [5, 5.41) is 3.65. The van der Waals surface area contributed by atoms with E-state index < -0.39 is 10.0 Å². The molecule has 0 aliphatic carbocycles. The van der Waals surface area contributed by atoms with E-state index in [9.17, 15) is 13.2 Å². The lowest BCUT2D eigenvalue weighted by Crippen LogP contribution is -2.41. The summed E-state index contributed by atoms with van der Waals surface area (Å²) in [5.74, 6) is 0.323. The van der Waals surface area contributed by atoms with Crippen molar-refractivity contribution in [2.75, 3.05) is 29.4 Å². The summed E-state index contributed by atoms with van der Waals surface area (Å²) >= 11 is 1.53. The fraction of sp³-hybridized carbons (Fsp3) is 0.333. The van der Waals surface area contributed by atoms with Gasteiger partial charge in [0.05, 0.1) is 17.0 Å². The number of hydrogen-bond donors (Lipinski definition) is 1. The summed E-state index contributed by atoms with van der Waals surface area (Å²) in [6, 6.07) is 11.1. The highest BCUT2D eigenvalue weighted by molar-refractivity contribution is 7.99. The molecule has 1 aromatic heterocycles. The van der Waals surface area contributed by atoms with E-state index in [2.05, 4.69) is 10.3 Å². The summed E-state index contributed by atoms with van der Waals surface area (Å²) in [5.41, 5.74) is 2.35. The van der Waals surface area contributed by atoms with Crippen LogP contribution in [0, 0.1) is 13.8 Å². The Labute approximate surface area is 159 Å². The molecule has 6 nitrogen and oxygen atoms in total. The van der Waals surface area contributed by atoms with Crippen molar-refractivity contribution in [1.82, 2.24) is 10.3 Å². The summed E-state index contributed by atoms with van der Waals surface area (Å²) in [6.45, 7) is 3.96. The van der Waals surface area contributed by atoms with Crippen LogP contribution in [-0.4, -0.2) is 44.4 Å². The number of hydrogen-bond acceptors (Lipinski definition) is 5. The SMILES string of the molecule is Cc1cccc(N(CC(=O)NCCSc2ccccn2)S(C)(=O)=O)c1C. The first-order chi connectivity index (χ1) is 12.3. The number of rotatable bonds is 8. The van der Waals surface area contributed by atoms with E-state index in [-0.39, 0.29) is 12.5 Å². The van der Waals surface area contributed by atoms with Gasteiger partial charge in [-0.3, -0.25) is 9.10 Å². The van der Waals surface area contributed by atoms with Gasteiger partial charge in [0.1, 0.15) is 6.54 Å². The fourth-order valence-corrected chi connectivity index (χ4v) is 3.98. The molecule has 0 spiro atoms. The molecule has 1 amide bonds. The molecular formula is C18H23N3O3S2. The van der Waals surface area contributed by atoms with Gasteiger partial charge in [0, 0.05) is 18.5 Å². The van der Waals surface area contributed by atoms with Crippen molar-refractivity contribution in [3.05, 3.63) is 53.7 Å². The van der Waals surface area contributed by atoms with Crippen molar-refractivity contribution in [2.24, 2.45) is 0 Å². The molecule has 2 aromatic rings. The van der Waals surface area contributed by atoms with Gasteiger partial charge in [-0.25, -0.2) is 13.4 Å². The first-order valence-electron chi connectivity index (χ1n) is 8.13. The molecule has 0 aliphatic heterocycles.